The van der Waals surface area contributed by atoms with Crippen molar-refractivity contribution in [1.29, 1.82) is 0 Å². The lowest BCUT2D eigenvalue weighted by Gasteiger charge is -2.37. The number of anilines is 2. The minimum atomic E-state index is -4.24. The molecule has 1 aromatic rings. The smallest absolute Gasteiger partial charge is 0.359 e. The minimum Gasteiger partial charge on any atom is -0.359 e. The predicted molar refractivity (Wildman–Crippen MR) is 62.7 cm³/mol. The maximum absolute atomic E-state index is 12.5. The minimum absolute atomic E-state index is 0.158. The van der Waals surface area contributed by atoms with E-state index in [0.29, 0.717) is 11.4 Å². The third kappa shape index (κ3) is 2.57. The van der Waals surface area contributed by atoms with Crippen molar-refractivity contribution >= 4 is 17.3 Å². The zero-order valence-electron chi connectivity index (χ0n) is 9.87. The normalized spacial score (nSPS) is 15.6. The van der Waals surface area contributed by atoms with Crippen LogP contribution in [0, 0.1) is 0 Å². The molecule has 6 heteroatoms. The SMILES string of the molecule is CC(=O)N1CCN(CC(F)(F)F)c2ccccc21. The van der Waals surface area contributed by atoms with Crippen LogP contribution in [0.2, 0.25) is 0 Å². The van der Waals surface area contributed by atoms with Gasteiger partial charge in [-0.2, -0.15) is 13.2 Å². The number of fused-ring (bicyclic) bond motifs is 1. The van der Waals surface area contributed by atoms with Crippen LogP contribution in [0.15, 0.2) is 24.3 Å². The number of benzene rings is 1. The third-order valence-electron chi connectivity index (χ3n) is 2.86. The number of halogens is 3. The number of hydrogen-bond donors (Lipinski definition) is 0. The molecule has 1 aliphatic heterocycles. The summed E-state index contributed by atoms with van der Waals surface area (Å²) in [7, 11) is 0. The summed E-state index contributed by atoms with van der Waals surface area (Å²) >= 11 is 0. The van der Waals surface area contributed by atoms with Crippen molar-refractivity contribution in [3.05, 3.63) is 24.3 Å². The molecule has 1 heterocycles. The molecule has 0 atom stereocenters. The van der Waals surface area contributed by atoms with Crippen molar-refractivity contribution in [1.82, 2.24) is 0 Å². The lowest BCUT2D eigenvalue weighted by atomic mass is 10.1. The van der Waals surface area contributed by atoms with Crippen molar-refractivity contribution in [2.75, 3.05) is 29.4 Å². The number of rotatable bonds is 1. The molecule has 18 heavy (non-hydrogen) atoms. The Bertz CT molecular complexity index is 459. The van der Waals surface area contributed by atoms with Gasteiger partial charge in [-0.25, -0.2) is 0 Å². The van der Waals surface area contributed by atoms with E-state index in [1.807, 2.05) is 0 Å². The molecule has 3 nitrogen and oxygen atoms in total. The second-order valence-electron chi connectivity index (χ2n) is 4.20. The van der Waals surface area contributed by atoms with Gasteiger partial charge in [0.25, 0.3) is 0 Å². The monoisotopic (exact) mass is 258 g/mol. The average Bonchev–Trinajstić information content (AvgIpc) is 2.27. The van der Waals surface area contributed by atoms with E-state index in [4.69, 9.17) is 0 Å². The number of carbonyl (C=O) groups is 1. The highest BCUT2D eigenvalue weighted by Gasteiger charge is 2.34. The van der Waals surface area contributed by atoms with Crippen LogP contribution in [0.1, 0.15) is 6.92 Å². The van der Waals surface area contributed by atoms with Crippen molar-refractivity contribution in [3.63, 3.8) is 0 Å². The number of nitrogens with zero attached hydrogens (tertiary/aromatic N) is 2. The Balaban J connectivity index is 2.33. The van der Waals surface area contributed by atoms with E-state index < -0.39 is 12.7 Å². The van der Waals surface area contributed by atoms with E-state index in [9.17, 15) is 18.0 Å². The second-order valence-corrected chi connectivity index (χ2v) is 4.20. The average molecular weight is 258 g/mol. The molecule has 0 bridgehead atoms. The zero-order valence-corrected chi connectivity index (χ0v) is 9.87. The standard InChI is InChI=1S/C12H13F3N2O/c1-9(18)17-7-6-16(8-12(13,14)15)10-4-2-3-5-11(10)17/h2-5H,6-8H2,1H3. The maximum Gasteiger partial charge on any atom is 0.405 e. The quantitative estimate of drug-likeness (QED) is 0.772. The molecule has 0 spiro atoms. The van der Waals surface area contributed by atoms with E-state index in [-0.39, 0.29) is 19.0 Å². The predicted octanol–water partition coefficient (Wildman–Crippen LogP) is 2.42. The molecule has 2 rings (SSSR count). The highest BCUT2D eigenvalue weighted by molar-refractivity contribution is 5.96. The summed E-state index contributed by atoms with van der Waals surface area (Å²) in [4.78, 5) is 14.2. The molecule has 0 aromatic heterocycles. The highest BCUT2D eigenvalue weighted by Crippen LogP contribution is 2.34. The Morgan fingerprint density at radius 3 is 2.39 bits per heavy atom. The molecule has 1 aromatic carbocycles. The molecule has 0 radical (unpaired) electrons. The number of carbonyl (C=O) groups excluding carboxylic acids is 1. The number of hydrogen-bond acceptors (Lipinski definition) is 2. The van der Waals surface area contributed by atoms with Gasteiger partial charge >= 0.3 is 6.18 Å². The summed E-state index contributed by atoms with van der Waals surface area (Å²) in [5.74, 6) is -0.158. The number of alkyl halides is 3. The van der Waals surface area contributed by atoms with Crippen LogP contribution in [0.4, 0.5) is 24.5 Å². The first-order valence-electron chi connectivity index (χ1n) is 5.57. The summed E-state index contributed by atoms with van der Waals surface area (Å²) < 4.78 is 37.4. The largest absolute Gasteiger partial charge is 0.405 e. The molecule has 0 N–H and O–H groups in total. The summed E-state index contributed by atoms with van der Waals surface area (Å²) in [5.41, 5.74) is 0.997. The Morgan fingerprint density at radius 2 is 1.83 bits per heavy atom. The van der Waals surface area contributed by atoms with Crippen molar-refractivity contribution in [2.24, 2.45) is 0 Å². The molecule has 1 aliphatic rings. The van der Waals surface area contributed by atoms with Crippen LogP contribution in [0.3, 0.4) is 0 Å². The van der Waals surface area contributed by atoms with Crippen LogP contribution in [-0.4, -0.2) is 31.7 Å². The van der Waals surface area contributed by atoms with Gasteiger partial charge in [-0.3, -0.25) is 4.79 Å². The lowest BCUT2D eigenvalue weighted by Crippen LogP contribution is -2.46. The molecular weight excluding hydrogens is 245 g/mol. The van der Waals surface area contributed by atoms with Crippen LogP contribution in [-0.2, 0) is 4.79 Å². The molecule has 98 valence electrons. The van der Waals surface area contributed by atoms with Crippen LogP contribution in [0.5, 0.6) is 0 Å². The molecule has 0 unspecified atom stereocenters. The fourth-order valence-electron chi connectivity index (χ4n) is 2.13. The first kappa shape index (κ1) is 12.7. The van der Waals surface area contributed by atoms with Gasteiger partial charge in [0.2, 0.25) is 5.91 Å². The van der Waals surface area contributed by atoms with Crippen molar-refractivity contribution in [2.45, 2.75) is 13.1 Å². The zero-order chi connectivity index (χ0) is 13.3. The summed E-state index contributed by atoms with van der Waals surface area (Å²) in [6.45, 7) is 0.893. The Hall–Kier alpha value is -1.72. The van der Waals surface area contributed by atoms with E-state index >= 15 is 0 Å². The van der Waals surface area contributed by atoms with Gasteiger partial charge in [-0.05, 0) is 12.1 Å². The fourth-order valence-corrected chi connectivity index (χ4v) is 2.13. The molecule has 0 saturated heterocycles. The summed E-state index contributed by atoms with van der Waals surface area (Å²) in [5, 5.41) is 0. The Labute approximate surface area is 103 Å². The van der Waals surface area contributed by atoms with Gasteiger partial charge < -0.3 is 9.80 Å². The van der Waals surface area contributed by atoms with Gasteiger partial charge in [0.15, 0.2) is 0 Å². The van der Waals surface area contributed by atoms with E-state index in [1.165, 1.54) is 16.7 Å². The maximum atomic E-state index is 12.5. The van der Waals surface area contributed by atoms with E-state index in [1.54, 1.807) is 24.3 Å². The lowest BCUT2D eigenvalue weighted by molar-refractivity contribution is -0.119. The Morgan fingerprint density at radius 1 is 1.22 bits per heavy atom. The van der Waals surface area contributed by atoms with Gasteiger partial charge in [-0.1, -0.05) is 12.1 Å². The fraction of sp³-hybridized carbons (Fsp3) is 0.417. The molecule has 1 amide bonds. The van der Waals surface area contributed by atoms with Crippen molar-refractivity contribution in [3.8, 4) is 0 Å². The third-order valence-corrected chi connectivity index (χ3v) is 2.86. The van der Waals surface area contributed by atoms with E-state index in [0.717, 1.165) is 0 Å². The Kier molecular flexibility index (Phi) is 3.19. The number of amides is 1. The first-order valence-corrected chi connectivity index (χ1v) is 5.57. The highest BCUT2D eigenvalue weighted by atomic mass is 19.4. The van der Waals surface area contributed by atoms with Gasteiger partial charge in [0.05, 0.1) is 11.4 Å². The molecular formula is C12H13F3N2O. The van der Waals surface area contributed by atoms with Crippen LogP contribution in [0.25, 0.3) is 0 Å². The molecule has 0 saturated carbocycles. The second kappa shape index (κ2) is 4.51. The van der Waals surface area contributed by atoms with Gasteiger partial charge in [-0.15, -0.1) is 0 Å². The summed E-state index contributed by atoms with van der Waals surface area (Å²) in [6, 6.07) is 6.66. The number of para-hydroxylation sites is 2. The summed E-state index contributed by atoms with van der Waals surface area (Å²) in [6.07, 6.45) is -4.24. The topological polar surface area (TPSA) is 23.6 Å². The molecule has 0 aliphatic carbocycles. The van der Waals surface area contributed by atoms with Crippen LogP contribution >= 0.6 is 0 Å². The van der Waals surface area contributed by atoms with Gasteiger partial charge in [0, 0.05) is 20.0 Å². The van der Waals surface area contributed by atoms with E-state index in [2.05, 4.69) is 0 Å². The molecule has 0 fully saturated rings. The van der Waals surface area contributed by atoms with Crippen LogP contribution < -0.4 is 9.80 Å². The first-order chi connectivity index (χ1) is 8.38. The van der Waals surface area contributed by atoms with Crippen molar-refractivity contribution < 1.29 is 18.0 Å². The van der Waals surface area contributed by atoms with Gasteiger partial charge in [0.1, 0.15) is 6.54 Å².